The molecule has 2 rings (SSSR count). The Morgan fingerprint density at radius 3 is 2.53 bits per heavy atom. The van der Waals surface area contributed by atoms with Crippen LogP contribution in [0.4, 0.5) is 0 Å². The number of hydrogen-bond acceptors (Lipinski definition) is 3. The topological polar surface area (TPSA) is 46.3 Å². The Labute approximate surface area is 105 Å². The Morgan fingerprint density at radius 1 is 1.18 bits per heavy atom. The molecule has 0 aromatic rings. The van der Waals surface area contributed by atoms with Crippen molar-refractivity contribution in [2.24, 2.45) is 17.6 Å². The van der Waals surface area contributed by atoms with Crippen LogP contribution in [-0.2, 0) is 4.79 Å². The van der Waals surface area contributed by atoms with Gasteiger partial charge in [-0.3, -0.25) is 9.69 Å². The first kappa shape index (κ1) is 13.0. The minimum absolute atomic E-state index is 0.121. The van der Waals surface area contributed by atoms with E-state index in [-0.39, 0.29) is 6.17 Å². The van der Waals surface area contributed by atoms with Crippen molar-refractivity contribution in [2.75, 3.05) is 13.1 Å². The molecule has 0 spiro atoms. The summed E-state index contributed by atoms with van der Waals surface area (Å²) < 4.78 is 0. The van der Waals surface area contributed by atoms with Gasteiger partial charge in [0.2, 0.25) is 0 Å². The quantitative estimate of drug-likeness (QED) is 0.819. The Hall–Kier alpha value is -0.410. The van der Waals surface area contributed by atoms with E-state index in [1.807, 2.05) is 0 Å². The van der Waals surface area contributed by atoms with Crippen LogP contribution in [-0.4, -0.2) is 29.9 Å². The van der Waals surface area contributed by atoms with E-state index in [9.17, 15) is 4.79 Å². The summed E-state index contributed by atoms with van der Waals surface area (Å²) >= 11 is 0. The highest BCUT2D eigenvalue weighted by Gasteiger charge is 2.27. The average Bonchev–Trinajstić information content (AvgIpc) is 2.33. The molecular weight excluding hydrogens is 212 g/mol. The number of nitrogens with zero attached hydrogens (tertiary/aromatic N) is 1. The van der Waals surface area contributed by atoms with Crippen molar-refractivity contribution < 1.29 is 4.79 Å². The SMILES string of the molecule is CC1CCC(C(=O)CN2CCCCC2N)CC1. The van der Waals surface area contributed by atoms with Crippen LogP contribution in [0.25, 0.3) is 0 Å². The average molecular weight is 238 g/mol. The minimum Gasteiger partial charge on any atom is -0.316 e. The van der Waals surface area contributed by atoms with E-state index in [2.05, 4.69) is 11.8 Å². The number of piperidine rings is 1. The van der Waals surface area contributed by atoms with Crippen LogP contribution >= 0.6 is 0 Å². The second-order valence-corrected chi connectivity index (χ2v) is 5.96. The van der Waals surface area contributed by atoms with E-state index in [0.717, 1.165) is 31.7 Å². The molecule has 0 aromatic carbocycles. The van der Waals surface area contributed by atoms with Crippen LogP contribution in [0.1, 0.15) is 51.9 Å². The Bertz CT molecular complexity index is 259. The molecule has 2 aliphatic rings. The number of carbonyl (C=O) groups excluding carboxylic acids is 1. The lowest BCUT2D eigenvalue weighted by molar-refractivity contribution is -0.126. The lowest BCUT2D eigenvalue weighted by Crippen LogP contribution is -2.48. The van der Waals surface area contributed by atoms with Gasteiger partial charge in [0.05, 0.1) is 12.7 Å². The second-order valence-electron chi connectivity index (χ2n) is 5.96. The fraction of sp³-hybridized carbons (Fsp3) is 0.929. The first-order valence-corrected chi connectivity index (χ1v) is 7.19. The van der Waals surface area contributed by atoms with Gasteiger partial charge in [-0.25, -0.2) is 0 Å². The maximum Gasteiger partial charge on any atom is 0.149 e. The van der Waals surface area contributed by atoms with E-state index in [4.69, 9.17) is 5.73 Å². The number of Topliss-reactive ketones (excluding diaryl/α,β-unsaturated/α-hetero) is 1. The van der Waals surface area contributed by atoms with Gasteiger partial charge in [0, 0.05) is 12.5 Å². The van der Waals surface area contributed by atoms with Crippen LogP contribution in [0.2, 0.25) is 0 Å². The zero-order valence-corrected chi connectivity index (χ0v) is 11.0. The molecule has 1 heterocycles. The predicted molar refractivity (Wildman–Crippen MR) is 69.5 cm³/mol. The summed E-state index contributed by atoms with van der Waals surface area (Å²) in [6.45, 7) is 3.90. The molecule has 1 atom stereocenters. The molecule has 3 nitrogen and oxygen atoms in total. The molecule has 0 aromatic heterocycles. The number of rotatable bonds is 3. The van der Waals surface area contributed by atoms with Crippen molar-refractivity contribution in [3.8, 4) is 0 Å². The minimum atomic E-state index is 0.121. The zero-order chi connectivity index (χ0) is 12.3. The number of hydrogen-bond donors (Lipinski definition) is 1. The largest absolute Gasteiger partial charge is 0.316 e. The molecule has 1 aliphatic carbocycles. The van der Waals surface area contributed by atoms with Gasteiger partial charge in [-0.2, -0.15) is 0 Å². The first-order valence-electron chi connectivity index (χ1n) is 7.19. The van der Waals surface area contributed by atoms with Gasteiger partial charge in [0.25, 0.3) is 0 Å². The fourth-order valence-electron chi connectivity index (χ4n) is 3.12. The van der Waals surface area contributed by atoms with Crippen LogP contribution < -0.4 is 5.73 Å². The first-order chi connectivity index (χ1) is 8.16. The van der Waals surface area contributed by atoms with Crippen molar-refractivity contribution in [2.45, 2.75) is 58.0 Å². The summed E-state index contributed by atoms with van der Waals surface area (Å²) in [5, 5.41) is 0. The number of likely N-dealkylation sites (tertiary alicyclic amines) is 1. The highest BCUT2D eigenvalue weighted by molar-refractivity contribution is 5.83. The Morgan fingerprint density at radius 2 is 1.88 bits per heavy atom. The van der Waals surface area contributed by atoms with Crippen molar-refractivity contribution in [3.05, 3.63) is 0 Å². The van der Waals surface area contributed by atoms with E-state index in [1.165, 1.54) is 25.7 Å². The molecule has 1 saturated heterocycles. The summed E-state index contributed by atoms with van der Waals surface area (Å²) in [5.41, 5.74) is 6.05. The van der Waals surface area contributed by atoms with Gasteiger partial charge in [0.15, 0.2) is 0 Å². The van der Waals surface area contributed by atoms with Crippen LogP contribution in [0.3, 0.4) is 0 Å². The molecule has 2 fully saturated rings. The summed E-state index contributed by atoms with van der Waals surface area (Å²) in [6.07, 6.45) is 8.23. The van der Waals surface area contributed by atoms with Gasteiger partial charge in [-0.1, -0.05) is 19.8 Å². The Balaban J connectivity index is 1.79. The van der Waals surface area contributed by atoms with E-state index in [1.54, 1.807) is 0 Å². The fourth-order valence-corrected chi connectivity index (χ4v) is 3.12. The van der Waals surface area contributed by atoms with Crippen LogP contribution in [0.15, 0.2) is 0 Å². The van der Waals surface area contributed by atoms with Gasteiger partial charge >= 0.3 is 0 Å². The third-order valence-corrected chi connectivity index (χ3v) is 4.49. The molecule has 1 saturated carbocycles. The molecule has 17 heavy (non-hydrogen) atoms. The van der Waals surface area contributed by atoms with Crippen LogP contribution in [0.5, 0.6) is 0 Å². The highest BCUT2D eigenvalue weighted by Crippen LogP contribution is 2.29. The lowest BCUT2D eigenvalue weighted by atomic mass is 9.81. The van der Waals surface area contributed by atoms with Gasteiger partial charge in [0.1, 0.15) is 5.78 Å². The van der Waals surface area contributed by atoms with E-state index in [0.29, 0.717) is 18.2 Å². The maximum atomic E-state index is 12.2. The summed E-state index contributed by atoms with van der Waals surface area (Å²) in [5.74, 6) is 1.57. The summed E-state index contributed by atoms with van der Waals surface area (Å²) in [6, 6.07) is 0. The molecule has 2 N–H and O–H groups in total. The van der Waals surface area contributed by atoms with Crippen LogP contribution in [0, 0.1) is 11.8 Å². The molecule has 0 amide bonds. The lowest BCUT2D eigenvalue weighted by Gasteiger charge is -2.34. The van der Waals surface area contributed by atoms with Crippen molar-refractivity contribution in [1.29, 1.82) is 0 Å². The molecule has 0 bridgehead atoms. The van der Waals surface area contributed by atoms with Gasteiger partial charge < -0.3 is 5.73 Å². The molecular formula is C14H26N2O. The van der Waals surface area contributed by atoms with Crippen molar-refractivity contribution in [3.63, 3.8) is 0 Å². The van der Waals surface area contributed by atoms with E-state index >= 15 is 0 Å². The Kier molecular flexibility index (Phi) is 4.57. The number of carbonyl (C=O) groups is 1. The second kappa shape index (κ2) is 5.96. The standard InChI is InChI=1S/C14H26N2O/c1-11-5-7-12(8-6-11)13(17)10-16-9-3-2-4-14(16)15/h11-12,14H,2-10,15H2,1H3. The number of nitrogens with two attached hydrogens (primary N) is 1. The molecule has 1 unspecified atom stereocenters. The zero-order valence-electron chi connectivity index (χ0n) is 11.0. The third-order valence-electron chi connectivity index (χ3n) is 4.49. The van der Waals surface area contributed by atoms with Crippen molar-refractivity contribution in [1.82, 2.24) is 4.90 Å². The smallest absolute Gasteiger partial charge is 0.149 e. The third kappa shape index (κ3) is 3.52. The van der Waals surface area contributed by atoms with Crippen molar-refractivity contribution >= 4 is 5.78 Å². The molecule has 3 heteroatoms. The highest BCUT2D eigenvalue weighted by atomic mass is 16.1. The maximum absolute atomic E-state index is 12.2. The summed E-state index contributed by atoms with van der Waals surface area (Å²) in [4.78, 5) is 14.4. The normalized spacial score (nSPS) is 35.8. The monoisotopic (exact) mass is 238 g/mol. The molecule has 1 aliphatic heterocycles. The molecule has 98 valence electrons. The van der Waals surface area contributed by atoms with Gasteiger partial charge in [-0.15, -0.1) is 0 Å². The predicted octanol–water partition coefficient (Wildman–Crippen LogP) is 2.15. The number of ketones is 1. The summed E-state index contributed by atoms with van der Waals surface area (Å²) in [7, 11) is 0. The van der Waals surface area contributed by atoms with E-state index < -0.39 is 0 Å². The van der Waals surface area contributed by atoms with Gasteiger partial charge in [-0.05, 0) is 38.0 Å². The molecule has 0 radical (unpaired) electrons.